The lowest BCUT2D eigenvalue weighted by Crippen LogP contribution is -2.39. The molecule has 2 aromatic carbocycles. The fourth-order valence-corrected chi connectivity index (χ4v) is 4.75. The second-order valence-corrected chi connectivity index (χ2v) is 9.18. The Balaban J connectivity index is 1.25. The van der Waals surface area contributed by atoms with Gasteiger partial charge in [-0.15, -0.1) is 0 Å². The number of nitrogens with zero attached hydrogens (tertiary/aromatic N) is 5. The molecule has 37 heavy (non-hydrogen) atoms. The summed E-state index contributed by atoms with van der Waals surface area (Å²) in [6.45, 7) is 3.23. The Bertz CT molecular complexity index is 1450. The van der Waals surface area contributed by atoms with Crippen molar-refractivity contribution in [1.82, 2.24) is 19.3 Å². The van der Waals surface area contributed by atoms with Crippen LogP contribution in [0.4, 0.5) is 11.5 Å². The minimum absolute atomic E-state index is 0.118. The molecule has 0 bridgehead atoms. The van der Waals surface area contributed by atoms with Crippen LogP contribution in [0.25, 0.3) is 16.9 Å². The molecule has 0 unspecified atom stereocenters. The molecule has 1 aliphatic heterocycles. The number of nitrogens with one attached hydrogen (secondary N) is 1. The molecular formula is C28H30N6O3. The second-order valence-electron chi connectivity index (χ2n) is 9.18. The Morgan fingerprint density at radius 2 is 1.73 bits per heavy atom. The molecule has 0 radical (unpaired) electrons. The van der Waals surface area contributed by atoms with Crippen LogP contribution in [-0.2, 0) is 11.8 Å². The van der Waals surface area contributed by atoms with Gasteiger partial charge in [0.1, 0.15) is 23.6 Å². The lowest BCUT2D eigenvalue weighted by atomic mass is 9.95. The van der Waals surface area contributed by atoms with Gasteiger partial charge in [0.2, 0.25) is 5.91 Å². The van der Waals surface area contributed by atoms with E-state index in [1.54, 1.807) is 22.8 Å². The van der Waals surface area contributed by atoms with E-state index >= 15 is 0 Å². The molecule has 9 nitrogen and oxygen atoms in total. The van der Waals surface area contributed by atoms with Gasteiger partial charge in [0, 0.05) is 37.7 Å². The minimum atomic E-state index is -0.232. The zero-order valence-corrected chi connectivity index (χ0v) is 21.2. The Hall–Kier alpha value is -4.40. The average Bonchev–Trinajstić information content (AvgIpc) is 3.16. The summed E-state index contributed by atoms with van der Waals surface area (Å²) in [7, 11) is 3.46. The van der Waals surface area contributed by atoms with Crippen molar-refractivity contribution < 1.29 is 9.53 Å². The lowest BCUT2D eigenvalue weighted by Gasteiger charge is -2.32. The molecule has 4 aromatic rings. The van der Waals surface area contributed by atoms with E-state index in [1.807, 2.05) is 74.6 Å². The quantitative estimate of drug-likeness (QED) is 0.435. The van der Waals surface area contributed by atoms with Crippen molar-refractivity contribution in [3.05, 3.63) is 83.0 Å². The highest BCUT2D eigenvalue weighted by Gasteiger charge is 2.28. The smallest absolute Gasteiger partial charge is 0.295 e. The van der Waals surface area contributed by atoms with Crippen LogP contribution >= 0.6 is 0 Å². The van der Waals surface area contributed by atoms with Crippen LogP contribution in [0.1, 0.15) is 18.5 Å². The number of carbonyl (C=O) groups is 1. The number of aromatic nitrogens is 4. The molecule has 3 heterocycles. The van der Waals surface area contributed by atoms with Crippen LogP contribution in [0.15, 0.2) is 71.8 Å². The summed E-state index contributed by atoms with van der Waals surface area (Å²) in [5.74, 6) is 1.34. The van der Waals surface area contributed by atoms with E-state index in [9.17, 15) is 9.59 Å². The highest BCUT2D eigenvalue weighted by atomic mass is 16.5. The van der Waals surface area contributed by atoms with Gasteiger partial charge in [0.15, 0.2) is 0 Å². The van der Waals surface area contributed by atoms with Gasteiger partial charge in [-0.2, -0.15) is 0 Å². The number of hydrogen-bond acceptors (Lipinski definition) is 6. The number of rotatable bonds is 6. The zero-order chi connectivity index (χ0) is 25.9. The van der Waals surface area contributed by atoms with Crippen molar-refractivity contribution in [3.63, 3.8) is 0 Å². The monoisotopic (exact) mass is 498 g/mol. The summed E-state index contributed by atoms with van der Waals surface area (Å²) in [6, 6.07) is 19.1. The number of amides is 1. The molecule has 1 saturated heterocycles. The highest BCUT2D eigenvalue weighted by molar-refractivity contribution is 5.93. The van der Waals surface area contributed by atoms with Gasteiger partial charge in [0.05, 0.1) is 24.2 Å². The molecule has 0 spiro atoms. The van der Waals surface area contributed by atoms with Crippen molar-refractivity contribution in [1.29, 1.82) is 0 Å². The number of hydrogen-bond donors (Lipinski definition) is 1. The Labute approximate surface area is 215 Å². The minimum Gasteiger partial charge on any atom is -0.497 e. The SMILES string of the molecule is COc1ccc(-c2cc(N3CCC(C(=O)Nc4c(C)n(C)n(-c5ccccc5)c4=O)CC3)ncn2)cc1. The van der Waals surface area contributed by atoms with Crippen molar-refractivity contribution >= 4 is 17.4 Å². The van der Waals surface area contributed by atoms with E-state index in [4.69, 9.17) is 4.74 Å². The van der Waals surface area contributed by atoms with Gasteiger partial charge in [-0.05, 0) is 56.2 Å². The third kappa shape index (κ3) is 4.84. The fourth-order valence-electron chi connectivity index (χ4n) is 4.75. The van der Waals surface area contributed by atoms with Crippen LogP contribution in [0.2, 0.25) is 0 Å². The maximum Gasteiger partial charge on any atom is 0.295 e. The van der Waals surface area contributed by atoms with Crippen molar-refractivity contribution in [3.8, 4) is 22.7 Å². The summed E-state index contributed by atoms with van der Waals surface area (Å²) in [5, 5.41) is 2.93. The van der Waals surface area contributed by atoms with E-state index in [2.05, 4.69) is 20.2 Å². The number of para-hydroxylation sites is 1. The summed E-state index contributed by atoms with van der Waals surface area (Å²) in [6.07, 6.45) is 2.92. The Morgan fingerprint density at radius 3 is 2.41 bits per heavy atom. The van der Waals surface area contributed by atoms with Crippen LogP contribution in [0.3, 0.4) is 0 Å². The van der Waals surface area contributed by atoms with E-state index in [1.165, 1.54) is 0 Å². The highest BCUT2D eigenvalue weighted by Crippen LogP contribution is 2.27. The molecule has 1 aliphatic rings. The Kier molecular flexibility index (Phi) is 6.76. The topological polar surface area (TPSA) is 94.3 Å². The van der Waals surface area contributed by atoms with Gasteiger partial charge in [-0.1, -0.05) is 18.2 Å². The van der Waals surface area contributed by atoms with E-state index in [0.717, 1.165) is 28.5 Å². The third-order valence-corrected chi connectivity index (χ3v) is 7.03. The first-order valence-corrected chi connectivity index (χ1v) is 12.3. The van der Waals surface area contributed by atoms with E-state index < -0.39 is 0 Å². The summed E-state index contributed by atoms with van der Waals surface area (Å²) >= 11 is 0. The van der Waals surface area contributed by atoms with Gasteiger partial charge in [-0.3, -0.25) is 14.3 Å². The van der Waals surface area contributed by atoms with Crippen molar-refractivity contribution in [2.45, 2.75) is 19.8 Å². The number of anilines is 2. The second kappa shape index (κ2) is 10.3. The molecule has 190 valence electrons. The van der Waals surface area contributed by atoms with Gasteiger partial charge >= 0.3 is 0 Å². The van der Waals surface area contributed by atoms with Gasteiger partial charge in [0.25, 0.3) is 5.56 Å². The van der Waals surface area contributed by atoms with E-state index in [0.29, 0.717) is 37.3 Å². The summed E-state index contributed by atoms with van der Waals surface area (Å²) in [5.41, 5.74) is 3.39. The summed E-state index contributed by atoms with van der Waals surface area (Å²) < 4.78 is 8.58. The maximum atomic E-state index is 13.1. The average molecular weight is 499 g/mol. The fraction of sp³-hybridized carbons (Fsp3) is 0.286. The van der Waals surface area contributed by atoms with Crippen molar-refractivity contribution in [2.75, 3.05) is 30.4 Å². The Morgan fingerprint density at radius 1 is 1.03 bits per heavy atom. The summed E-state index contributed by atoms with van der Waals surface area (Å²) in [4.78, 5) is 37.4. The molecule has 0 aliphatic carbocycles. The first kappa shape index (κ1) is 24.3. The van der Waals surface area contributed by atoms with Crippen molar-refractivity contribution in [2.24, 2.45) is 13.0 Å². The first-order valence-electron chi connectivity index (χ1n) is 12.3. The molecular weight excluding hydrogens is 468 g/mol. The van der Waals surface area contributed by atoms with E-state index in [-0.39, 0.29) is 17.4 Å². The number of piperidine rings is 1. The molecule has 9 heteroatoms. The lowest BCUT2D eigenvalue weighted by molar-refractivity contribution is -0.120. The molecule has 1 N–H and O–H groups in total. The molecule has 1 fully saturated rings. The van der Waals surface area contributed by atoms with Gasteiger partial charge < -0.3 is 15.0 Å². The molecule has 2 aromatic heterocycles. The van der Waals surface area contributed by atoms with Crippen LogP contribution in [-0.4, -0.2) is 45.4 Å². The van der Waals surface area contributed by atoms with Crippen LogP contribution in [0.5, 0.6) is 5.75 Å². The molecule has 0 saturated carbocycles. The number of carbonyl (C=O) groups excluding carboxylic acids is 1. The van der Waals surface area contributed by atoms with Crippen LogP contribution < -0.4 is 20.5 Å². The van der Waals surface area contributed by atoms with Gasteiger partial charge in [-0.25, -0.2) is 14.6 Å². The predicted molar refractivity (Wildman–Crippen MR) is 143 cm³/mol. The molecule has 0 atom stereocenters. The standard InChI is InChI=1S/C28H30N6O3/c1-19-26(28(36)34(32(19)2)22-7-5-4-6-8-22)31-27(35)21-13-15-33(16-14-21)25-17-24(29-18-30-25)20-9-11-23(37-3)12-10-20/h4-12,17-18,21H,13-16H2,1-3H3,(H,31,35). The molecule has 5 rings (SSSR count). The van der Waals surface area contributed by atoms with Crippen LogP contribution in [0, 0.1) is 12.8 Å². The third-order valence-electron chi connectivity index (χ3n) is 7.03. The largest absolute Gasteiger partial charge is 0.497 e. The zero-order valence-electron chi connectivity index (χ0n) is 21.2. The number of benzene rings is 2. The first-order chi connectivity index (χ1) is 18.0. The normalized spacial score (nSPS) is 14.0. The number of methoxy groups -OCH3 is 1. The maximum absolute atomic E-state index is 13.1. The predicted octanol–water partition coefficient (Wildman–Crippen LogP) is 3.81. The molecule has 1 amide bonds. The number of ether oxygens (including phenoxy) is 1.